The van der Waals surface area contributed by atoms with Crippen molar-refractivity contribution in [3.8, 4) is 12.3 Å². The summed E-state index contributed by atoms with van der Waals surface area (Å²) in [5, 5.41) is 23.0. The van der Waals surface area contributed by atoms with E-state index in [0.717, 1.165) is 0 Å². The lowest BCUT2D eigenvalue weighted by Crippen LogP contribution is -2.55. The van der Waals surface area contributed by atoms with E-state index in [0.29, 0.717) is 11.1 Å². The van der Waals surface area contributed by atoms with Crippen molar-refractivity contribution >= 4 is 40.7 Å². The SMILES string of the molecule is C#CC1(O)C(N2C=C(F)C(=S)NC2=C)OC(F)(COP(=O)(O)OP(=O)(O)OP(=O)(O)O)C1O. The highest BCUT2D eigenvalue weighted by atomic mass is 32.1. The highest BCUT2D eigenvalue weighted by Crippen LogP contribution is 2.66. The van der Waals surface area contributed by atoms with Crippen LogP contribution in [0.2, 0.25) is 0 Å². The third-order valence-electron chi connectivity index (χ3n) is 3.87. The first-order chi connectivity index (χ1) is 14.8. The molecule has 6 unspecified atom stereocenters. The standard InChI is InChI=1S/C12H15F2N2O13P3S/c1-3-11(18)9(17)12(14,27-10(11)16-4-7(13)8(33)15-6(16)2)5-26-31(22,23)29-32(24,25)28-30(19,20)21/h1,4,9-10,17-18H,2,5H2,(H,15,33)(H,22,23)(H,24,25)(H2,19,20,21). The number of hydrogen-bond acceptors (Lipinski definition) is 11. The zero-order valence-electron chi connectivity index (χ0n) is 15.7. The fourth-order valence-electron chi connectivity index (χ4n) is 2.53. The van der Waals surface area contributed by atoms with E-state index in [1.807, 2.05) is 0 Å². The van der Waals surface area contributed by atoms with E-state index in [4.69, 9.17) is 25.8 Å². The zero-order valence-corrected chi connectivity index (χ0v) is 19.2. The molecule has 2 rings (SSSR count). The van der Waals surface area contributed by atoms with Crippen LogP contribution in [0, 0.1) is 12.3 Å². The number of halogens is 2. The van der Waals surface area contributed by atoms with Crippen LogP contribution in [0.25, 0.3) is 0 Å². The van der Waals surface area contributed by atoms with Gasteiger partial charge in [0, 0.05) is 6.20 Å². The van der Waals surface area contributed by atoms with Crippen molar-refractivity contribution < 1.29 is 70.1 Å². The minimum Gasteiger partial charge on any atom is -0.383 e. The van der Waals surface area contributed by atoms with Crippen molar-refractivity contribution in [2.75, 3.05) is 6.61 Å². The topological polar surface area (TPSA) is 225 Å². The first kappa shape index (κ1) is 28.1. The smallest absolute Gasteiger partial charge is 0.383 e. The summed E-state index contributed by atoms with van der Waals surface area (Å²) in [4.78, 5) is 35.7. The summed E-state index contributed by atoms with van der Waals surface area (Å²) in [5.41, 5.74) is -2.96. The molecule has 0 amide bonds. The first-order valence-corrected chi connectivity index (χ1v) is 12.9. The Morgan fingerprint density at radius 3 is 2.39 bits per heavy atom. The Morgan fingerprint density at radius 2 is 1.88 bits per heavy atom. The number of thiocarbonyl (C=S) groups is 1. The van der Waals surface area contributed by atoms with E-state index in [9.17, 15) is 33.2 Å². The molecule has 0 aromatic heterocycles. The van der Waals surface area contributed by atoms with Gasteiger partial charge in [-0.1, -0.05) is 24.7 Å². The highest BCUT2D eigenvalue weighted by molar-refractivity contribution is 7.80. The van der Waals surface area contributed by atoms with Gasteiger partial charge in [0.25, 0.3) is 5.85 Å². The Hall–Kier alpha value is -1.12. The summed E-state index contributed by atoms with van der Waals surface area (Å²) < 4.78 is 78.7. The number of nitrogens with one attached hydrogen (secondary N) is 1. The van der Waals surface area contributed by atoms with Gasteiger partial charge in [-0.15, -0.1) is 6.42 Å². The summed E-state index contributed by atoms with van der Waals surface area (Å²) in [6.07, 6.45) is 0.877. The van der Waals surface area contributed by atoms with Crippen LogP contribution in [-0.4, -0.2) is 70.1 Å². The number of terminal acetylenes is 1. The van der Waals surface area contributed by atoms with Gasteiger partial charge in [-0.2, -0.15) is 8.62 Å². The van der Waals surface area contributed by atoms with Crippen LogP contribution in [0.15, 0.2) is 24.4 Å². The fourth-order valence-corrected chi connectivity index (χ4v) is 5.74. The van der Waals surface area contributed by atoms with Gasteiger partial charge in [0.15, 0.2) is 18.2 Å². The molecule has 15 nitrogen and oxygen atoms in total. The van der Waals surface area contributed by atoms with Crippen molar-refractivity contribution in [1.82, 2.24) is 10.2 Å². The van der Waals surface area contributed by atoms with Gasteiger partial charge in [-0.25, -0.2) is 22.5 Å². The predicted molar refractivity (Wildman–Crippen MR) is 104 cm³/mol. The lowest BCUT2D eigenvalue weighted by molar-refractivity contribution is -0.207. The van der Waals surface area contributed by atoms with Crippen molar-refractivity contribution in [2.45, 2.75) is 23.8 Å². The zero-order chi connectivity index (χ0) is 25.6. The quantitative estimate of drug-likeness (QED) is 0.114. The van der Waals surface area contributed by atoms with E-state index >= 15 is 4.39 Å². The largest absolute Gasteiger partial charge is 0.490 e. The maximum atomic E-state index is 15.3. The Balaban J connectivity index is 2.26. The number of ether oxygens (including phenoxy) is 1. The number of alkyl halides is 1. The number of nitrogens with zero attached hydrogens (tertiary/aromatic N) is 1. The molecule has 0 aromatic rings. The van der Waals surface area contributed by atoms with Crippen LogP contribution in [0.3, 0.4) is 0 Å². The Labute approximate surface area is 188 Å². The van der Waals surface area contributed by atoms with Crippen molar-refractivity contribution in [1.29, 1.82) is 0 Å². The van der Waals surface area contributed by atoms with Crippen LogP contribution >= 0.6 is 35.7 Å². The van der Waals surface area contributed by atoms with Crippen LogP contribution < -0.4 is 5.32 Å². The minimum atomic E-state index is -5.92. The lowest BCUT2D eigenvalue weighted by Gasteiger charge is -2.36. The Morgan fingerprint density at radius 1 is 1.30 bits per heavy atom. The highest BCUT2D eigenvalue weighted by Gasteiger charge is 2.66. The van der Waals surface area contributed by atoms with E-state index in [-0.39, 0.29) is 5.82 Å². The van der Waals surface area contributed by atoms with Gasteiger partial charge in [-0.3, -0.25) is 4.52 Å². The second-order valence-electron chi connectivity index (χ2n) is 6.28. The van der Waals surface area contributed by atoms with E-state index < -0.39 is 64.7 Å². The second kappa shape index (κ2) is 9.15. The van der Waals surface area contributed by atoms with Crippen LogP contribution in [-0.2, 0) is 31.6 Å². The molecular weight excluding hydrogens is 543 g/mol. The molecule has 0 spiro atoms. The molecule has 0 bridgehead atoms. The second-order valence-corrected chi connectivity index (χ2v) is 11.1. The van der Waals surface area contributed by atoms with Gasteiger partial charge < -0.3 is 44.7 Å². The number of phosphoric acid groups is 3. The molecule has 0 radical (unpaired) electrons. The predicted octanol–water partition coefficient (Wildman–Crippen LogP) is -0.408. The molecule has 0 aromatic carbocycles. The van der Waals surface area contributed by atoms with Crippen molar-refractivity contribution in [3.05, 3.63) is 24.4 Å². The number of rotatable bonds is 8. The summed E-state index contributed by atoms with van der Waals surface area (Å²) in [7, 11) is -17.4. The normalized spacial score (nSPS) is 34.2. The maximum Gasteiger partial charge on any atom is 0.490 e. The first-order valence-electron chi connectivity index (χ1n) is 7.94. The van der Waals surface area contributed by atoms with Gasteiger partial charge in [-0.05, 0) is 0 Å². The Kier molecular flexibility index (Phi) is 7.80. The molecule has 2 aliphatic rings. The third kappa shape index (κ3) is 6.31. The molecule has 0 aliphatic carbocycles. The molecule has 7 N–H and O–H groups in total. The Bertz CT molecular complexity index is 1080. The molecule has 33 heavy (non-hydrogen) atoms. The average Bonchev–Trinajstić information content (AvgIpc) is 2.82. The van der Waals surface area contributed by atoms with E-state index in [1.165, 1.54) is 0 Å². The molecule has 21 heteroatoms. The van der Waals surface area contributed by atoms with Gasteiger partial charge in [0.2, 0.25) is 5.60 Å². The summed E-state index contributed by atoms with van der Waals surface area (Å²) in [6, 6.07) is 0. The third-order valence-corrected chi connectivity index (χ3v) is 7.95. The number of phosphoric ester groups is 1. The minimum absolute atomic E-state index is 0.288. The molecule has 6 atom stereocenters. The lowest BCUT2D eigenvalue weighted by atomic mass is 9.93. The monoisotopic (exact) mass is 558 g/mol. The summed E-state index contributed by atoms with van der Waals surface area (Å²) >= 11 is 4.64. The maximum absolute atomic E-state index is 15.3. The number of aliphatic hydroxyl groups is 2. The molecular formula is C12H15F2N2O13P3S. The molecule has 1 saturated heterocycles. The van der Waals surface area contributed by atoms with Gasteiger partial charge >= 0.3 is 23.5 Å². The molecule has 2 heterocycles. The number of hydrogen-bond donors (Lipinski definition) is 7. The van der Waals surface area contributed by atoms with Gasteiger partial charge in [0.1, 0.15) is 17.4 Å². The molecule has 186 valence electrons. The molecule has 1 fully saturated rings. The average molecular weight is 558 g/mol. The van der Waals surface area contributed by atoms with Crippen LogP contribution in [0.4, 0.5) is 8.78 Å². The van der Waals surface area contributed by atoms with Crippen molar-refractivity contribution in [2.24, 2.45) is 0 Å². The fraction of sp³-hybridized carbons (Fsp3) is 0.417. The molecule has 0 saturated carbocycles. The summed E-state index contributed by atoms with van der Waals surface area (Å²) in [6.45, 7) is 1.61. The molecule has 2 aliphatic heterocycles. The van der Waals surface area contributed by atoms with Gasteiger partial charge in [0.05, 0.1) is 0 Å². The van der Waals surface area contributed by atoms with E-state index in [1.54, 1.807) is 5.92 Å². The summed E-state index contributed by atoms with van der Waals surface area (Å²) in [5.74, 6) is -3.39. The number of aliphatic hydroxyl groups excluding tert-OH is 1. The van der Waals surface area contributed by atoms with Crippen LogP contribution in [0.1, 0.15) is 0 Å². The van der Waals surface area contributed by atoms with E-state index in [2.05, 4.69) is 37.3 Å². The van der Waals surface area contributed by atoms with Crippen LogP contribution in [0.5, 0.6) is 0 Å². The van der Waals surface area contributed by atoms with Crippen molar-refractivity contribution in [3.63, 3.8) is 0 Å².